The molecule has 0 radical (unpaired) electrons. The maximum absolute atomic E-state index is 12.7. The fourth-order valence-electron chi connectivity index (χ4n) is 3.57. The molecule has 0 aromatic heterocycles. The van der Waals surface area contributed by atoms with Crippen molar-refractivity contribution in [3.05, 3.63) is 23.8 Å². The van der Waals surface area contributed by atoms with E-state index in [1.54, 1.807) is 0 Å². The summed E-state index contributed by atoms with van der Waals surface area (Å²) < 4.78 is 11.2. The Hall–Kier alpha value is -2.26. The first-order valence-electron chi connectivity index (χ1n) is 9.35. The lowest BCUT2D eigenvalue weighted by Gasteiger charge is -2.34. The van der Waals surface area contributed by atoms with E-state index in [1.165, 1.54) is 0 Å². The number of hydrogen-bond acceptors (Lipinski definition) is 5. The molecule has 140 valence electrons. The molecule has 1 unspecified atom stereocenters. The average molecular weight is 357 g/mol. The van der Waals surface area contributed by atoms with Crippen LogP contribution in [0.25, 0.3) is 0 Å². The number of rotatable bonds is 5. The summed E-state index contributed by atoms with van der Waals surface area (Å²) in [7, 11) is 1.92. The third-order valence-corrected chi connectivity index (χ3v) is 5.36. The molecule has 1 aromatic carbocycles. The van der Waals surface area contributed by atoms with Gasteiger partial charge in [-0.3, -0.25) is 9.69 Å². The number of carbonyl (C=O) groups is 1. The number of benzene rings is 1. The second kappa shape index (κ2) is 7.96. The highest BCUT2D eigenvalue weighted by molar-refractivity contribution is 5.82. The number of nitriles is 1. The highest BCUT2D eigenvalue weighted by Gasteiger charge is 2.35. The number of hydrogen-bond donors (Lipinski definition) is 1. The van der Waals surface area contributed by atoms with E-state index in [2.05, 4.69) is 11.4 Å². The average Bonchev–Trinajstić information content (AvgIpc) is 2.68. The number of ether oxygens (including phenoxy) is 2. The maximum atomic E-state index is 12.7. The Bertz CT molecular complexity index is 692. The molecular formula is C20H27N3O3. The number of nitrogens with one attached hydrogen (secondary N) is 1. The zero-order valence-corrected chi connectivity index (χ0v) is 15.6. The molecule has 1 amide bonds. The molecule has 0 spiro atoms. The van der Waals surface area contributed by atoms with Crippen LogP contribution < -0.4 is 14.8 Å². The summed E-state index contributed by atoms with van der Waals surface area (Å²) in [6.07, 6.45) is 4.62. The van der Waals surface area contributed by atoms with Gasteiger partial charge >= 0.3 is 0 Å². The largest absolute Gasteiger partial charge is 0.486 e. The van der Waals surface area contributed by atoms with E-state index in [4.69, 9.17) is 9.47 Å². The normalized spacial score (nSPS) is 19.5. The van der Waals surface area contributed by atoms with Crippen LogP contribution in [-0.2, 0) is 11.3 Å². The third-order valence-electron chi connectivity index (χ3n) is 5.36. The number of fused-ring (bicyclic) bond motifs is 1. The molecule has 1 atom stereocenters. The maximum Gasteiger partial charge on any atom is 0.238 e. The fraction of sp³-hybridized carbons (Fsp3) is 0.600. The van der Waals surface area contributed by atoms with Crippen molar-refractivity contribution in [2.75, 3.05) is 20.3 Å². The van der Waals surface area contributed by atoms with Crippen molar-refractivity contribution in [1.29, 1.82) is 5.26 Å². The minimum absolute atomic E-state index is 0.0894. The van der Waals surface area contributed by atoms with Gasteiger partial charge in [0, 0.05) is 6.54 Å². The van der Waals surface area contributed by atoms with Gasteiger partial charge in [0.2, 0.25) is 5.91 Å². The first-order valence-corrected chi connectivity index (χ1v) is 9.35. The Morgan fingerprint density at radius 1 is 1.27 bits per heavy atom. The Labute approximate surface area is 155 Å². The predicted molar refractivity (Wildman–Crippen MR) is 97.9 cm³/mol. The lowest BCUT2D eigenvalue weighted by molar-refractivity contribution is -0.127. The van der Waals surface area contributed by atoms with Gasteiger partial charge in [-0.05, 0) is 44.5 Å². The first-order chi connectivity index (χ1) is 12.5. The van der Waals surface area contributed by atoms with Crippen LogP contribution in [0.4, 0.5) is 0 Å². The minimum atomic E-state index is -0.693. The van der Waals surface area contributed by atoms with Crippen molar-refractivity contribution in [2.45, 2.75) is 57.2 Å². The van der Waals surface area contributed by atoms with Crippen molar-refractivity contribution < 1.29 is 14.3 Å². The van der Waals surface area contributed by atoms with E-state index in [-0.39, 0.29) is 11.9 Å². The van der Waals surface area contributed by atoms with Gasteiger partial charge in [-0.2, -0.15) is 5.26 Å². The van der Waals surface area contributed by atoms with Gasteiger partial charge < -0.3 is 14.8 Å². The van der Waals surface area contributed by atoms with Crippen LogP contribution in [0.3, 0.4) is 0 Å². The van der Waals surface area contributed by atoms with Gasteiger partial charge in [-0.15, -0.1) is 0 Å². The molecule has 2 aliphatic rings. The van der Waals surface area contributed by atoms with Crippen LogP contribution in [0.5, 0.6) is 11.5 Å². The molecule has 1 N–H and O–H groups in total. The highest BCUT2D eigenvalue weighted by Crippen LogP contribution is 2.31. The molecule has 3 rings (SSSR count). The van der Waals surface area contributed by atoms with Crippen LogP contribution in [-0.4, -0.2) is 42.6 Å². The van der Waals surface area contributed by atoms with E-state index in [9.17, 15) is 10.1 Å². The minimum Gasteiger partial charge on any atom is -0.486 e. The first kappa shape index (κ1) is 18.5. The number of likely N-dealkylation sites (N-methyl/N-ethyl adjacent to an activating group) is 1. The van der Waals surface area contributed by atoms with Crippen molar-refractivity contribution in [2.24, 2.45) is 0 Å². The van der Waals surface area contributed by atoms with Crippen molar-refractivity contribution in [3.63, 3.8) is 0 Å². The molecule has 1 aliphatic heterocycles. The summed E-state index contributed by atoms with van der Waals surface area (Å²) in [6.45, 7) is 3.62. The SMILES string of the molecule is CC(C(=O)NC1(C#N)CCCCC1)N(C)Cc1ccc2c(c1)OCCO2. The summed E-state index contributed by atoms with van der Waals surface area (Å²) in [5.74, 6) is 1.43. The van der Waals surface area contributed by atoms with Crippen LogP contribution in [0, 0.1) is 11.3 Å². The van der Waals surface area contributed by atoms with Gasteiger partial charge in [0.1, 0.15) is 18.8 Å². The van der Waals surface area contributed by atoms with E-state index in [1.807, 2.05) is 37.1 Å². The lowest BCUT2D eigenvalue weighted by Crippen LogP contribution is -2.54. The zero-order chi connectivity index (χ0) is 18.6. The summed E-state index contributed by atoms with van der Waals surface area (Å²) in [6, 6.07) is 7.89. The standard InChI is InChI=1S/C20H27N3O3/c1-15(19(24)22-20(14-21)8-4-3-5-9-20)23(2)13-16-6-7-17-18(12-16)26-11-10-25-17/h6-7,12,15H,3-5,8-11,13H2,1-2H3,(H,22,24). The van der Waals surface area contributed by atoms with E-state index < -0.39 is 5.54 Å². The molecule has 0 bridgehead atoms. The fourth-order valence-corrected chi connectivity index (χ4v) is 3.57. The summed E-state index contributed by atoms with van der Waals surface area (Å²) in [4.78, 5) is 14.7. The highest BCUT2D eigenvalue weighted by atomic mass is 16.6. The molecule has 0 saturated heterocycles. The van der Waals surface area contributed by atoms with Crippen LogP contribution in [0.1, 0.15) is 44.6 Å². The van der Waals surface area contributed by atoms with Gasteiger partial charge in [0.25, 0.3) is 0 Å². The van der Waals surface area contributed by atoms with Gasteiger partial charge in [-0.1, -0.05) is 25.3 Å². The molecule has 1 aliphatic carbocycles. The molecule has 26 heavy (non-hydrogen) atoms. The van der Waals surface area contributed by atoms with Crippen molar-refractivity contribution in [1.82, 2.24) is 10.2 Å². The molecule has 1 heterocycles. The second-order valence-corrected chi connectivity index (χ2v) is 7.31. The molecular weight excluding hydrogens is 330 g/mol. The van der Waals surface area contributed by atoms with Gasteiger partial charge in [0.15, 0.2) is 11.5 Å². The molecule has 1 saturated carbocycles. The number of amides is 1. The van der Waals surface area contributed by atoms with E-state index in [0.29, 0.717) is 19.8 Å². The van der Waals surface area contributed by atoms with Crippen molar-refractivity contribution in [3.8, 4) is 17.6 Å². The summed E-state index contributed by atoms with van der Waals surface area (Å²) >= 11 is 0. The smallest absolute Gasteiger partial charge is 0.238 e. The van der Waals surface area contributed by atoms with E-state index in [0.717, 1.165) is 49.2 Å². The topological polar surface area (TPSA) is 74.6 Å². The van der Waals surface area contributed by atoms with Crippen LogP contribution in [0.15, 0.2) is 18.2 Å². The molecule has 1 fully saturated rings. The third kappa shape index (κ3) is 4.10. The monoisotopic (exact) mass is 357 g/mol. The Kier molecular flexibility index (Phi) is 5.67. The summed E-state index contributed by atoms with van der Waals surface area (Å²) in [5.41, 5.74) is 0.366. The predicted octanol–water partition coefficient (Wildman–Crippen LogP) is 2.62. The Morgan fingerprint density at radius 2 is 1.96 bits per heavy atom. The lowest BCUT2D eigenvalue weighted by atomic mass is 9.82. The molecule has 1 aromatic rings. The number of carbonyl (C=O) groups excluding carboxylic acids is 1. The van der Waals surface area contributed by atoms with Crippen LogP contribution >= 0.6 is 0 Å². The molecule has 6 nitrogen and oxygen atoms in total. The zero-order valence-electron chi connectivity index (χ0n) is 15.6. The number of nitrogens with zero attached hydrogens (tertiary/aromatic N) is 2. The Morgan fingerprint density at radius 3 is 2.65 bits per heavy atom. The quantitative estimate of drug-likeness (QED) is 0.877. The van der Waals surface area contributed by atoms with Gasteiger partial charge in [0.05, 0.1) is 12.1 Å². The summed E-state index contributed by atoms with van der Waals surface area (Å²) in [5, 5.41) is 12.6. The van der Waals surface area contributed by atoms with E-state index >= 15 is 0 Å². The Balaban J connectivity index is 1.61. The molecule has 6 heteroatoms. The van der Waals surface area contributed by atoms with Gasteiger partial charge in [-0.25, -0.2) is 0 Å². The second-order valence-electron chi connectivity index (χ2n) is 7.31. The van der Waals surface area contributed by atoms with Crippen molar-refractivity contribution >= 4 is 5.91 Å². The van der Waals surface area contributed by atoms with Crippen LogP contribution in [0.2, 0.25) is 0 Å².